The normalized spacial score (nSPS) is 28.5. The molecule has 1 saturated carbocycles. The van der Waals surface area contributed by atoms with E-state index in [4.69, 9.17) is 16.2 Å². The predicted molar refractivity (Wildman–Crippen MR) is 58.2 cm³/mol. The van der Waals surface area contributed by atoms with Crippen LogP contribution in [-0.2, 0) is 9.53 Å². The summed E-state index contributed by atoms with van der Waals surface area (Å²) in [6.45, 7) is 0.262. The molecule has 5 N–H and O–H groups in total. The summed E-state index contributed by atoms with van der Waals surface area (Å²) in [5.41, 5.74) is 11.4. The van der Waals surface area contributed by atoms with Gasteiger partial charge in [-0.2, -0.15) is 0 Å². The molecule has 0 aromatic rings. The zero-order chi connectivity index (χ0) is 11.3. The number of ether oxygens (including phenoxy) is 1. The molecular weight excluding hydrogens is 194 g/mol. The number of hydrogen-bond acceptors (Lipinski definition) is 4. The second kappa shape index (κ2) is 6.05. The number of rotatable bonds is 4. The summed E-state index contributed by atoms with van der Waals surface area (Å²) in [5, 5.41) is 2.92. The van der Waals surface area contributed by atoms with Crippen molar-refractivity contribution in [1.82, 2.24) is 5.32 Å². The fraction of sp³-hybridized carbons (Fsp3) is 0.900. The van der Waals surface area contributed by atoms with Gasteiger partial charge in [0.25, 0.3) is 0 Å². The van der Waals surface area contributed by atoms with Gasteiger partial charge in [0.05, 0.1) is 6.61 Å². The van der Waals surface area contributed by atoms with Gasteiger partial charge in [0.15, 0.2) is 0 Å². The second-order valence-corrected chi connectivity index (χ2v) is 4.18. The highest BCUT2D eigenvalue weighted by Crippen LogP contribution is 2.16. The van der Waals surface area contributed by atoms with Crippen molar-refractivity contribution in [3.63, 3.8) is 0 Å². The number of carbonyl (C=O) groups excluding carboxylic acids is 1. The first-order valence-corrected chi connectivity index (χ1v) is 5.44. The largest absolute Gasteiger partial charge is 0.383 e. The van der Waals surface area contributed by atoms with E-state index >= 15 is 0 Å². The number of hydrogen-bond donors (Lipinski definition) is 3. The minimum Gasteiger partial charge on any atom is -0.383 e. The molecule has 5 nitrogen and oxygen atoms in total. The highest BCUT2D eigenvalue weighted by Gasteiger charge is 2.22. The van der Waals surface area contributed by atoms with Crippen molar-refractivity contribution in [2.45, 2.75) is 43.8 Å². The second-order valence-electron chi connectivity index (χ2n) is 4.18. The van der Waals surface area contributed by atoms with Gasteiger partial charge >= 0.3 is 0 Å². The zero-order valence-electron chi connectivity index (χ0n) is 9.24. The van der Waals surface area contributed by atoms with E-state index < -0.39 is 6.04 Å². The van der Waals surface area contributed by atoms with E-state index in [2.05, 4.69) is 5.32 Å². The van der Waals surface area contributed by atoms with Crippen LogP contribution in [0.15, 0.2) is 0 Å². The molecule has 0 spiro atoms. The van der Waals surface area contributed by atoms with Crippen molar-refractivity contribution in [2.24, 2.45) is 11.5 Å². The van der Waals surface area contributed by atoms with Crippen LogP contribution in [0.4, 0.5) is 0 Å². The third-order valence-electron chi connectivity index (χ3n) is 2.80. The third kappa shape index (κ3) is 4.15. The number of nitrogens with one attached hydrogen (secondary N) is 1. The lowest BCUT2D eigenvalue weighted by molar-refractivity contribution is -0.124. The Bertz CT molecular complexity index is 203. The molecule has 1 unspecified atom stereocenters. The first kappa shape index (κ1) is 12.4. The summed E-state index contributed by atoms with van der Waals surface area (Å²) < 4.78 is 4.83. The van der Waals surface area contributed by atoms with E-state index in [1.54, 1.807) is 0 Å². The molecule has 0 saturated heterocycles. The average molecular weight is 215 g/mol. The number of nitrogens with two attached hydrogens (primary N) is 2. The van der Waals surface area contributed by atoms with Gasteiger partial charge < -0.3 is 21.5 Å². The van der Waals surface area contributed by atoms with E-state index in [0.29, 0.717) is 6.04 Å². The summed E-state index contributed by atoms with van der Waals surface area (Å²) in [4.78, 5) is 11.5. The summed E-state index contributed by atoms with van der Waals surface area (Å²) in [6.07, 6.45) is 3.86. The smallest absolute Gasteiger partial charge is 0.239 e. The monoisotopic (exact) mass is 215 g/mol. The van der Waals surface area contributed by atoms with Crippen molar-refractivity contribution >= 4 is 5.91 Å². The van der Waals surface area contributed by atoms with Crippen molar-refractivity contribution in [2.75, 3.05) is 13.7 Å². The molecule has 0 heterocycles. The summed E-state index contributed by atoms with van der Waals surface area (Å²) in [7, 11) is 1.53. The molecule has 5 heteroatoms. The lowest BCUT2D eigenvalue weighted by Gasteiger charge is -2.27. The molecular formula is C10H21N3O2. The molecule has 1 rings (SSSR count). The fourth-order valence-electron chi connectivity index (χ4n) is 1.83. The Morgan fingerprint density at radius 2 is 2.07 bits per heavy atom. The van der Waals surface area contributed by atoms with Gasteiger partial charge in [0, 0.05) is 19.2 Å². The van der Waals surface area contributed by atoms with Gasteiger partial charge in [-0.1, -0.05) is 0 Å². The van der Waals surface area contributed by atoms with Crippen LogP contribution < -0.4 is 16.8 Å². The van der Waals surface area contributed by atoms with E-state index in [-0.39, 0.29) is 18.6 Å². The van der Waals surface area contributed by atoms with Gasteiger partial charge in [0.2, 0.25) is 5.91 Å². The Balaban J connectivity index is 2.25. The maximum absolute atomic E-state index is 11.5. The van der Waals surface area contributed by atoms with Gasteiger partial charge in [-0.05, 0) is 25.7 Å². The van der Waals surface area contributed by atoms with Crippen LogP contribution in [-0.4, -0.2) is 37.7 Å². The van der Waals surface area contributed by atoms with Crippen LogP contribution in [0.5, 0.6) is 0 Å². The molecule has 1 aliphatic carbocycles. The first-order chi connectivity index (χ1) is 7.13. The van der Waals surface area contributed by atoms with Crippen LogP contribution in [0.3, 0.4) is 0 Å². The number of carbonyl (C=O) groups is 1. The van der Waals surface area contributed by atoms with Crippen molar-refractivity contribution in [3.8, 4) is 0 Å². The maximum atomic E-state index is 11.5. The third-order valence-corrected chi connectivity index (χ3v) is 2.80. The molecule has 0 aromatic heterocycles. The Labute approximate surface area is 90.5 Å². The van der Waals surface area contributed by atoms with Crippen molar-refractivity contribution < 1.29 is 9.53 Å². The molecule has 88 valence electrons. The van der Waals surface area contributed by atoms with Crippen molar-refractivity contribution in [1.29, 1.82) is 0 Å². The van der Waals surface area contributed by atoms with Gasteiger partial charge in [-0.3, -0.25) is 4.79 Å². The van der Waals surface area contributed by atoms with Crippen LogP contribution in [0.25, 0.3) is 0 Å². The molecule has 1 amide bonds. The number of methoxy groups -OCH3 is 1. The number of amides is 1. The molecule has 1 aliphatic rings. The fourth-order valence-corrected chi connectivity index (χ4v) is 1.83. The van der Waals surface area contributed by atoms with Crippen LogP contribution >= 0.6 is 0 Å². The lowest BCUT2D eigenvalue weighted by Crippen LogP contribution is -2.49. The molecule has 0 aliphatic heterocycles. The van der Waals surface area contributed by atoms with Crippen molar-refractivity contribution in [3.05, 3.63) is 0 Å². The SMILES string of the molecule is COCC(N)C(=O)NC1CCC(N)CC1. The Hall–Kier alpha value is -0.650. The molecule has 1 atom stereocenters. The van der Waals surface area contributed by atoms with E-state index in [9.17, 15) is 4.79 Å². The van der Waals surface area contributed by atoms with E-state index in [1.807, 2.05) is 0 Å². The lowest BCUT2D eigenvalue weighted by atomic mass is 9.91. The van der Waals surface area contributed by atoms with Crippen LogP contribution in [0.1, 0.15) is 25.7 Å². The minimum absolute atomic E-state index is 0.127. The Morgan fingerprint density at radius 3 is 2.60 bits per heavy atom. The molecule has 1 fully saturated rings. The zero-order valence-corrected chi connectivity index (χ0v) is 9.24. The maximum Gasteiger partial charge on any atom is 0.239 e. The predicted octanol–water partition coefficient (Wildman–Crippen LogP) is -0.654. The molecule has 15 heavy (non-hydrogen) atoms. The summed E-state index contributed by atoms with van der Waals surface area (Å²) in [6, 6.07) is -0.0309. The van der Waals surface area contributed by atoms with E-state index in [0.717, 1.165) is 25.7 Å². The molecule has 0 bridgehead atoms. The molecule has 0 aromatic carbocycles. The van der Waals surface area contributed by atoms with E-state index in [1.165, 1.54) is 7.11 Å². The van der Waals surface area contributed by atoms with Crippen LogP contribution in [0.2, 0.25) is 0 Å². The van der Waals surface area contributed by atoms with Gasteiger partial charge in [0.1, 0.15) is 6.04 Å². The van der Waals surface area contributed by atoms with Gasteiger partial charge in [-0.15, -0.1) is 0 Å². The Kier molecular flexibility index (Phi) is 5.01. The Morgan fingerprint density at radius 1 is 1.47 bits per heavy atom. The summed E-state index contributed by atoms with van der Waals surface area (Å²) >= 11 is 0. The minimum atomic E-state index is -0.564. The average Bonchev–Trinajstić information content (AvgIpc) is 2.22. The molecule has 0 radical (unpaired) electrons. The van der Waals surface area contributed by atoms with Gasteiger partial charge in [-0.25, -0.2) is 0 Å². The highest BCUT2D eigenvalue weighted by molar-refractivity contribution is 5.81. The summed E-state index contributed by atoms with van der Waals surface area (Å²) in [5.74, 6) is -0.127. The standard InChI is InChI=1S/C10H21N3O2/c1-15-6-9(12)10(14)13-8-4-2-7(11)3-5-8/h7-9H,2-6,11-12H2,1H3,(H,13,14). The van der Waals surface area contributed by atoms with Crippen LogP contribution in [0, 0.1) is 0 Å². The highest BCUT2D eigenvalue weighted by atomic mass is 16.5. The first-order valence-electron chi connectivity index (χ1n) is 5.44. The topological polar surface area (TPSA) is 90.4 Å². The quantitative estimate of drug-likeness (QED) is 0.581.